The highest BCUT2D eigenvalue weighted by atomic mass is 35.5. The van der Waals surface area contributed by atoms with Gasteiger partial charge in [-0.25, -0.2) is 4.98 Å². The van der Waals surface area contributed by atoms with E-state index in [-0.39, 0.29) is 15.7 Å². The zero-order valence-electron chi connectivity index (χ0n) is 9.44. The summed E-state index contributed by atoms with van der Waals surface area (Å²) in [5, 5.41) is 0.238. The monoisotopic (exact) mass is 286 g/mol. The second-order valence-corrected chi connectivity index (χ2v) is 5.74. The minimum atomic E-state index is -3.74. The lowest BCUT2D eigenvalue weighted by molar-refractivity contribution is 0.598. The fourth-order valence-electron chi connectivity index (χ4n) is 1.36. The fourth-order valence-corrected chi connectivity index (χ4v) is 2.62. The van der Waals surface area contributed by atoms with Gasteiger partial charge >= 0.3 is 0 Å². The SMILES string of the molecule is Cc1ncc(S(=O)(=O)Nc2cc(N)ccc2Cl)[nH]1. The third kappa shape index (κ3) is 2.57. The normalized spacial score (nSPS) is 11.4. The second-order valence-electron chi connectivity index (χ2n) is 3.68. The third-order valence-electron chi connectivity index (χ3n) is 2.20. The molecule has 2 rings (SSSR count). The van der Waals surface area contributed by atoms with E-state index in [4.69, 9.17) is 17.3 Å². The van der Waals surface area contributed by atoms with Crippen molar-refractivity contribution >= 4 is 33.0 Å². The minimum absolute atomic E-state index is 0.0292. The van der Waals surface area contributed by atoms with Gasteiger partial charge in [0.2, 0.25) is 0 Å². The number of aromatic nitrogens is 2. The Balaban J connectivity index is 2.36. The van der Waals surface area contributed by atoms with Crippen LogP contribution in [0.4, 0.5) is 11.4 Å². The van der Waals surface area contributed by atoms with E-state index in [2.05, 4.69) is 14.7 Å². The Morgan fingerprint density at radius 3 is 2.78 bits per heavy atom. The smallest absolute Gasteiger partial charge is 0.279 e. The molecule has 0 radical (unpaired) electrons. The molecule has 0 amide bonds. The van der Waals surface area contributed by atoms with Crippen molar-refractivity contribution in [2.45, 2.75) is 11.9 Å². The average molecular weight is 287 g/mol. The molecule has 0 saturated heterocycles. The molecular formula is C10H11ClN4O2S. The lowest BCUT2D eigenvalue weighted by atomic mass is 10.3. The molecule has 4 N–H and O–H groups in total. The van der Waals surface area contributed by atoms with Gasteiger partial charge in [0.15, 0.2) is 5.03 Å². The van der Waals surface area contributed by atoms with Crippen LogP contribution in [-0.4, -0.2) is 18.4 Å². The number of nitrogens with two attached hydrogens (primary N) is 1. The molecule has 0 aliphatic carbocycles. The summed E-state index contributed by atoms with van der Waals surface area (Å²) in [5.41, 5.74) is 6.22. The highest BCUT2D eigenvalue weighted by Crippen LogP contribution is 2.26. The third-order valence-corrected chi connectivity index (χ3v) is 3.81. The molecule has 0 spiro atoms. The number of aryl methyl sites for hydroxylation is 1. The van der Waals surface area contributed by atoms with E-state index in [1.54, 1.807) is 13.0 Å². The molecule has 2 aromatic rings. The van der Waals surface area contributed by atoms with Crippen LogP contribution in [0.25, 0.3) is 0 Å². The molecule has 0 bridgehead atoms. The van der Waals surface area contributed by atoms with E-state index in [0.29, 0.717) is 11.5 Å². The van der Waals surface area contributed by atoms with Crippen molar-refractivity contribution in [1.29, 1.82) is 0 Å². The topological polar surface area (TPSA) is 101 Å². The van der Waals surface area contributed by atoms with Gasteiger partial charge in [-0.3, -0.25) is 4.72 Å². The highest BCUT2D eigenvalue weighted by Gasteiger charge is 2.18. The van der Waals surface area contributed by atoms with E-state index in [9.17, 15) is 8.42 Å². The van der Waals surface area contributed by atoms with Gasteiger partial charge in [-0.05, 0) is 25.1 Å². The number of benzene rings is 1. The average Bonchev–Trinajstić information content (AvgIpc) is 2.71. The van der Waals surface area contributed by atoms with Gasteiger partial charge in [0.05, 0.1) is 16.9 Å². The van der Waals surface area contributed by atoms with Gasteiger partial charge in [-0.1, -0.05) is 11.6 Å². The van der Waals surface area contributed by atoms with Crippen LogP contribution in [0.3, 0.4) is 0 Å². The van der Waals surface area contributed by atoms with E-state index in [1.807, 2.05) is 0 Å². The lowest BCUT2D eigenvalue weighted by Crippen LogP contribution is -2.13. The van der Waals surface area contributed by atoms with Crippen LogP contribution in [0.1, 0.15) is 5.82 Å². The van der Waals surface area contributed by atoms with E-state index >= 15 is 0 Å². The Labute approximate surface area is 109 Å². The van der Waals surface area contributed by atoms with Crippen LogP contribution in [0.5, 0.6) is 0 Å². The molecule has 0 unspecified atom stereocenters. The molecule has 0 aliphatic heterocycles. The summed E-state index contributed by atoms with van der Waals surface area (Å²) < 4.78 is 26.3. The minimum Gasteiger partial charge on any atom is -0.399 e. The predicted molar refractivity (Wildman–Crippen MR) is 70.0 cm³/mol. The first-order valence-corrected chi connectivity index (χ1v) is 6.84. The van der Waals surface area contributed by atoms with E-state index < -0.39 is 10.0 Å². The number of aromatic amines is 1. The zero-order chi connectivity index (χ0) is 13.3. The maximum Gasteiger partial charge on any atom is 0.279 e. The molecule has 1 aromatic carbocycles. The van der Waals surface area contributed by atoms with Crippen LogP contribution in [0, 0.1) is 6.92 Å². The van der Waals surface area contributed by atoms with Gasteiger partial charge in [-0.2, -0.15) is 8.42 Å². The van der Waals surface area contributed by atoms with Crippen LogP contribution < -0.4 is 10.5 Å². The Morgan fingerprint density at radius 2 is 2.17 bits per heavy atom. The highest BCUT2D eigenvalue weighted by molar-refractivity contribution is 7.92. The molecular weight excluding hydrogens is 276 g/mol. The number of anilines is 2. The lowest BCUT2D eigenvalue weighted by Gasteiger charge is -2.08. The summed E-state index contributed by atoms with van der Waals surface area (Å²) in [6.07, 6.45) is 1.23. The zero-order valence-corrected chi connectivity index (χ0v) is 11.0. The molecule has 0 atom stereocenters. The summed E-state index contributed by atoms with van der Waals surface area (Å²) in [6, 6.07) is 4.55. The molecule has 6 nitrogen and oxygen atoms in total. The molecule has 1 heterocycles. The predicted octanol–water partition coefficient (Wildman–Crippen LogP) is 1.75. The number of rotatable bonds is 3. The van der Waals surface area contributed by atoms with Crippen molar-refractivity contribution in [2.24, 2.45) is 0 Å². The number of nitrogens with zero attached hydrogens (tertiary/aromatic N) is 1. The number of nitrogen functional groups attached to an aromatic ring is 1. The molecule has 0 aliphatic rings. The first-order chi connectivity index (χ1) is 8.38. The maximum absolute atomic E-state index is 12.0. The van der Waals surface area contributed by atoms with Crippen LogP contribution in [0.2, 0.25) is 5.02 Å². The molecule has 0 saturated carbocycles. The quantitative estimate of drug-likeness (QED) is 0.748. The summed E-state index contributed by atoms with van der Waals surface area (Å²) in [5.74, 6) is 0.508. The van der Waals surface area contributed by atoms with Crippen LogP contribution in [-0.2, 0) is 10.0 Å². The molecule has 8 heteroatoms. The molecule has 18 heavy (non-hydrogen) atoms. The Morgan fingerprint density at radius 1 is 1.44 bits per heavy atom. The van der Waals surface area contributed by atoms with Crippen molar-refractivity contribution in [3.63, 3.8) is 0 Å². The fraction of sp³-hybridized carbons (Fsp3) is 0.100. The van der Waals surface area contributed by atoms with E-state index in [0.717, 1.165) is 0 Å². The largest absolute Gasteiger partial charge is 0.399 e. The van der Waals surface area contributed by atoms with Gasteiger partial charge in [0, 0.05) is 5.69 Å². The van der Waals surface area contributed by atoms with Crippen molar-refractivity contribution in [3.8, 4) is 0 Å². The number of hydrogen-bond donors (Lipinski definition) is 3. The summed E-state index contributed by atoms with van der Waals surface area (Å²) >= 11 is 5.89. The Kier molecular flexibility index (Phi) is 3.18. The standard InChI is InChI=1S/C10H11ClN4O2S/c1-6-13-5-10(14-6)18(16,17)15-9-4-7(12)2-3-8(9)11/h2-5,15H,12H2,1H3,(H,13,14). The van der Waals surface area contributed by atoms with Crippen molar-refractivity contribution in [1.82, 2.24) is 9.97 Å². The van der Waals surface area contributed by atoms with Gasteiger partial charge in [0.25, 0.3) is 10.0 Å². The molecule has 0 fully saturated rings. The number of halogens is 1. The number of imidazole rings is 1. The first-order valence-electron chi connectivity index (χ1n) is 4.98. The maximum atomic E-state index is 12.0. The van der Waals surface area contributed by atoms with Crippen molar-refractivity contribution < 1.29 is 8.42 Å². The Hall–Kier alpha value is -1.73. The van der Waals surface area contributed by atoms with E-state index in [1.165, 1.54) is 18.3 Å². The number of H-pyrrole nitrogens is 1. The number of hydrogen-bond acceptors (Lipinski definition) is 4. The first kappa shape index (κ1) is 12.7. The number of nitrogens with one attached hydrogen (secondary N) is 2. The van der Waals surface area contributed by atoms with Gasteiger partial charge in [0.1, 0.15) is 5.82 Å². The summed E-state index contributed by atoms with van der Waals surface area (Å²) in [6.45, 7) is 1.66. The van der Waals surface area contributed by atoms with Crippen LogP contribution in [0.15, 0.2) is 29.4 Å². The second kappa shape index (κ2) is 4.51. The molecule has 1 aromatic heterocycles. The Bertz CT molecular complexity index is 681. The summed E-state index contributed by atoms with van der Waals surface area (Å²) in [4.78, 5) is 6.47. The number of sulfonamides is 1. The van der Waals surface area contributed by atoms with Gasteiger partial charge < -0.3 is 10.7 Å². The van der Waals surface area contributed by atoms with Crippen LogP contribution >= 0.6 is 11.6 Å². The van der Waals surface area contributed by atoms with Crippen molar-refractivity contribution in [3.05, 3.63) is 35.2 Å². The van der Waals surface area contributed by atoms with Gasteiger partial charge in [-0.15, -0.1) is 0 Å². The van der Waals surface area contributed by atoms with Crippen molar-refractivity contribution in [2.75, 3.05) is 10.5 Å². The summed E-state index contributed by atoms with van der Waals surface area (Å²) in [7, 11) is -3.74. The molecule has 96 valence electrons.